The first-order valence-corrected chi connectivity index (χ1v) is 10.6. The van der Waals surface area contributed by atoms with E-state index in [4.69, 9.17) is 14.7 Å². The Morgan fingerprint density at radius 2 is 1.76 bits per heavy atom. The highest BCUT2D eigenvalue weighted by Crippen LogP contribution is 2.44. The summed E-state index contributed by atoms with van der Waals surface area (Å²) in [5.74, 6) is -1.99. The van der Waals surface area contributed by atoms with Crippen LogP contribution in [0.3, 0.4) is 0 Å². The van der Waals surface area contributed by atoms with E-state index in [1.807, 2.05) is 48.5 Å². The number of alkyl carbamates (subject to hydrolysis) is 1. The van der Waals surface area contributed by atoms with E-state index in [0.717, 1.165) is 27.3 Å². The van der Waals surface area contributed by atoms with Gasteiger partial charge in [-0.15, -0.1) is 0 Å². The summed E-state index contributed by atoms with van der Waals surface area (Å²) < 4.78 is 5.54. The van der Waals surface area contributed by atoms with Crippen molar-refractivity contribution in [2.45, 2.75) is 18.4 Å². The van der Waals surface area contributed by atoms with Crippen molar-refractivity contribution < 1.29 is 29.1 Å². The van der Waals surface area contributed by atoms with Gasteiger partial charge in [0.15, 0.2) is 6.61 Å². The lowest BCUT2D eigenvalue weighted by Crippen LogP contribution is -2.49. The summed E-state index contributed by atoms with van der Waals surface area (Å²) in [7, 11) is 1.28. The van der Waals surface area contributed by atoms with Gasteiger partial charge >= 0.3 is 12.1 Å². The molecule has 1 aliphatic carbocycles. The number of likely N-dealkylation sites (N-methyl/N-ethyl adjacent to an activating group) is 1. The molecule has 2 aromatic carbocycles. The molecule has 1 atom stereocenters. The number of benzene rings is 2. The van der Waals surface area contributed by atoms with Crippen molar-refractivity contribution >= 4 is 18.0 Å². The third-order valence-electron chi connectivity index (χ3n) is 5.60. The average Bonchev–Trinajstić information content (AvgIpc) is 3.46. The van der Waals surface area contributed by atoms with Crippen LogP contribution >= 0.6 is 0 Å². The first-order valence-electron chi connectivity index (χ1n) is 10.6. The molecule has 0 unspecified atom stereocenters. The molecule has 0 saturated carbocycles. The number of nitrogens with zero attached hydrogens (tertiary/aromatic N) is 2. The molecule has 0 bridgehead atoms. The first-order chi connectivity index (χ1) is 16.4. The van der Waals surface area contributed by atoms with Crippen LogP contribution in [0.1, 0.15) is 22.7 Å². The summed E-state index contributed by atoms with van der Waals surface area (Å²) in [6.07, 6.45) is 2.29. The van der Waals surface area contributed by atoms with Gasteiger partial charge in [0.2, 0.25) is 0 Å². The third kappa shape index (κ3) is 5.07. The zero-order chi connectivity index (χ0) is 24.1. The number of aromatic nitrogens is 2. The molecule has 10 heteroatoms. The number of ether oxygens (including phenoxy) is 1. The van der Waals surface area contributed by atoms with Crippen LogP contribution in [-0.2, 0) is 25.6 Å². The Labute approximate surface area is 195 Å². The second-order valence-corrected chi connectivity index (χ2v) is 7.81. The summed E-state index contributed by atoms with van der Waals surface area (Å²) in [6, 6.07) is 14.9. The van der Waals surface area contributed by atoms with Crippen LogP contribution in [0.4, 0.5) is 4.79 Å². The van der Waals surface area contributed by atoms with Crippen molar-refractivity contribution in [2.75, 3.05) is 20.3 Å². The minimum Gasteiger partial charge on any atom is -0.479 e. The standard InChI is InChI=1S/C24H24N4O6/c1-28(34-13-22(29)30)23(31)21(10-15-11-25-14-26-15)27-24(32)33-12-20-18-8-4-2-6-16(18)17-7-3-5-9-19(17)20/h2-9,11,14,20-21H,10,12-13H2,1H3,(H,25,26)(H,27,32)(H,29,30)/t21-/m1/s1. The van der Waals surface area contributed by atoms with Crippen molar-refractivity contribution in [3.63, 3.8) is 0 Å². The molecule has 0 fully saturated rings. The lowest BCUT2D eigenvalue weighted by molar-refractivity contribution is -0.187. The number of rotatable bonds is 9. The number of carboxylic acids is 1. The Balaban J connectivity index is 1.44. The zero-order valence-corrected chi connectivity index (χ0v) is 18.4. The number of carbonyl (C=O) groups is 3. The smallest absolute Gasteiger partial charge is 0.407 e. The van der Waals surface area contributed by atoms with Crippen LogP contribution in [0.5, 0.6) is 0 Å². The van der Waals surface area contributed by atoms with E-state index in [-0.39, 0.29) is 18.9 Å². The molecule has 176 valence electrons. The monoisotopic (exact) mass is 464 g/mol. The Hall–Kier alpha value is -4.18. The molecular weight excluding hydrogens is 440 g/mol. The molecule has 10 nitrogen and oxygen atoms in total. The fraction of sp³-hybridized carbons (Fsp3) is 0.250. The van der Waals surface area contributed by atoms with E-state index in [1.54, 1.807) is 0 Å². The quantitative estimate of drug-likeness (QED) is 0.414. The predicted octanol–water partition coefficient (Wildman–Crippen LogP) is 2.33. The summed E-state index contributed by atoms with van der Waals surface area (Å²) in [4.78, 5) is 48.0. The summed E-state index contributed by atoms with van der Waals surface area (Å²) >= 11 is 0. The number of hydroxylamine groups is 2. The maximum absolute atomic E-state index is 12.8. The van der Waals surface area contributed by atoms with E-state index in [0.29, 0.717) is 5.69 Å². The highest BCUT2D eigenvalue weighted by atomic mass is 16.7. The second-order valence-electron chi connectivity index (χ2n) is 7.81. The van der Waals surface area contributed by atoms with Gasteiger partial charge in [-0.2, -0.15) is 0 Å². The number of hydrogen-bond acceptors (Lipinski definition) is 6. The van der Waals surface area contributed by atoms with Gasteiger partial charge in [0.05, 0.1) is 6.33 Å². The summed E-state index contributed by atoms with van der Waals surface area (Å²) in [5, 5.41) is 12.1. The van der Waals surface area contributed by atoms with Gasteiger partial charge < -0.3 is 20.1 Å². The molecular formula is C24H24N4O6. The fourth-order valence-electron chi connectivity index (χ4n) is 4.03. The molecule has 1 aromatic heterocycles. The molecule has 0 saturated heterocycles. The van der Waals surface area contributed by atoms with Gasteiger partial charge in [-0.3, -0.25) is 9.63 Å². The van der Waals surface area contributed by atoms with E-state index < -0.39 is 30.6 Å². The maximum Gasteiger partial charge on any atom is 0.407 e. The van der Waals surface area contributed by atoms with Crippen LogP contribution in [0, 0.1) is 0 Å². The molecule has 0 spiro atoms. The van der Waals surface area contributed by atoms with Gasteiger partial charge in [0, 0.05) is 31.3 Å². The largest absolute Gasteiger partial charge is 0.479 e. The van der Waals surface area contributed by atoms with Crippen molar-refractivity contribution in [3.8, 4) is 11.1 Å². The predicted molar refractivity (Wildman–Crippen MR) is 121 cm³/mol. The lowest BCUT2D eigenvalue weighted by atomic mass is 9.98. The second kappa shape index (κ2) is 10.2. The molecule has 34 heavy (non-hydrogen) atoms. The molecule has 3 aromatic rings. The molecule has 0 aliphatic heterocycles. The number of aliphatic carboxylic acids is 1. The Bertz CT molecular complexity index is 1130. The number of H-pyrrole nitrogens is 1. The Kier molecular flexibility index (Phi) is 6.88. The number of amides is 2. The van der Waals surface area contributed by atoms with Crippen LogP contribution in [-0.4, -0.2) is 64.4 Å². The van der Waals surface area contributed by atoms with Crippen molar-refractivity contribution in [3.05, 3.63) is 77.9 Å². The van der Waals surface area contributed by atoms with E-state index in [2.05, 4.69) is 15.3 Å². The van der Waals surface area contributed by atoms with Crippen molar-refractivity contribution in [1.29, 1.82) is 0 Å². The summed E-state index contributed by atoms with van der Waals surface area (Å²) in [6.45, 7) is -0.597. The molecule has 2 amide bonds. The highest BCUT2D eigenvalue weighted by molar-refractivity contribution is 5.85. The van der Waals surface area contributed by atoms with Gasteiger partial charge in [-0.05, 0) is 22.3 Å². The normalized spacial score (nSPS) is 13.0. The third-order valence-corrected chi connectivity index (χ3v) is 5.60. The number of hydrogen-bond donors (Lipinski definition) is 3. The average molecular weight is 464 g/mol. The van der Waals surface area contributed by atoms with Crippen molar-refractivity contribution in [2.24, 2.45) is 0 Å². The highest BCUT2D eigenvalue weighted by Gasteiger charge is 2.30. The molecule has 1 heterocycles. The number of aromatic amines is 1. The van der Waals surface area contributed by atoms with Gasteiger partial charge in [0.1, 0.15) is 12.6 Å². The van der Waals surface area contributed by atoms with Gasteiger partial charge in [-0.1, -0.05) is 48.5 Å². The zero-order valence-electron chi connectivity index (χ0n) is 18.4. The fourth-order valence-corrected chi connectivity index (χ4v) is 4.03. The minimum absolute atomic E-state index is 0.0871. The lowest BCUT2D eigenvalue weighted by Gasteiger charge is -2.23. The van der Waals surface area contributed by atoms with E-state index >= 15 is 0 Å². The van der Waals surface area contributed by atoms with Crippen LogP contribution in [0.15, 0.2) is 61.1 Å². The SMILES string of the molecule is CN(OCC(=O)O)C(=O)[C@@H](Cc1cnc[nH]1)NC(=O)OCC1c2ccccc2-c2ccccc21. The minimum atomic E-state index is -1.23. The Morgan fingerprint density at radius 3 is 2.35 bits per heavy atom. The number of fused-ring (bicyclic) bond motifs is 3. The number of carbonyl (C=O) groups excluding carboxylic acids is 2. The first kappa shape index (κ1) is 23.0. The number of carboxylic acid groups (broad SMARTS) is 1. The molecule has 3 N–H and O–H groups in total. The topological polar surface area (TPSA) is 134 Å². The van der Waals surface area contributed by atoms with E-state index in [9.17, 15) is 14.4 Å². The summed E-state index contributed by atoms with van der Waals surface area (Å²) in [5.41, 5.74) is 4.96. The van der Waals surface area contributed by atoms with E-state index in [1.165, 1.54) is 19.6 Å². The van der Waals surface area contributed by atoms with Crippen LogP contribution in [0.25, 0.3) is 11.1 Å². The number of imidazole rings is 1. The molecule has 1 aliphatic rings. The van der Waals surface area contributed by atoms with Crippen LogP contribution < -0.4 is 5.32 Å². The van der Waals surface area contributed by atoms with Gasteiger partial charge in [0.25, 0.3) is 5.91 Å². The Morgan fingerprint density at radius 1 is 1.12 bits per heavy atom. The van der Waals surface area contributed by atoms with Gasteiger partial charge in [-0.25, -0.2) is 19.6 Å². The maximum atomic E-state index is 12.8. The molecule has 4 rings (SSSR count). The van der Waals surface area contributed by atoms with Crippen molar-refractivity contribution in [1.82, 2.24) is 20.3 Å². The van der Waals surface area contributed by atoms with Crippen LogP contribution in [0.2, 0.25) is 0 Å². The number of nitrogens with one attached hydrogen (secondary N) is 2. The molecule has 0 radical (unpaired) electrons.